The van der Waals surface area contributed by atoms with Crippen LogP contribution in [0.1, 0.15) is 21.7 Å². The summed E-state index contributed by atoms with van der Waals surface area (Å²) in [6.07, 6.45) is 1.81. The van der Waals surface area contributed by atoms with Gasteiger partial charge in [0.25, 0.3) is 0 Å². The molecule has 0 amide bonds. The molecule has 4 rings (SSSR count). The van der Waals surface area contributed by atoms with Crippen molar-refractivity contribution >= 4 is 39.1 Å². The number of hydrogen-bond acceptors (Lipinski definition) is 6. The molecule has 0 spiro atoms. The number of rotatable bonds is 4. The van der Waals surface area contributed by atoms with E-state index < -0.39 is 0 Å². The highest BCUT2D eigenvalue weighted by atomic mass is 32.1. The first-order chi connectivity index (χ1) is 12.9. The summed E-state index contributed by atoms with van der Waals surface area (Å²) >= 11 is 1.77. The number of hydrogen-bond donors (Lipinski definition) is 1. The molecule has 27 heavy (non-hydrogen) atoms. The van der Waals surface area contributed by atoms with E-state index in [4.69, 9.17) is 9.98 Å². The minimum absolute atomic E-state index is 0.150. The zero-order valence-corrected chi connectivity index (χ0v) is 17.3. The van der Waals surface area contributed by atoms with Gasteiger partial charge in [-0.25, -0.2) is 9.98 Å². The van der Waals surface area contributed by atoms with Gasteiger partial charge in [-0.3, -0.25) is 0 Å². The van der Waals surface area contributed by atoms with Crippen molar-refractivity contribution in [1.29, 1.82) is 0 Å². The molecule has 140 valence electrons. The van der Waals surface area contributed by atoms with Crippen molar-refractivity contribution in [2.45, 2.75) is 26.7 Å². The summed E-state index contributed by atoms with van der Waals surface area (Å²) in [5.41, 5.74) is 6.90. The van der Waals surface area contributed by atoms with E-state index in [1.807, 2.05) is 6.21 Å². The van der Waals surface area contributed by atoms with Gasteiger partial charge in [-0.15, -0.1) is 11.3 Å². The maximum atomic E-state index is 4.93. The fourth-order valence-electron chi connectivity index (χ4n) is 3.57. The van der Waals surface area contributed by atoms with Gasteiger partial charge in [0.1, 0.15) is 10.5 Å². The molecule has 3 aromatic rings. The zero-order chi connectivity index (χ0) is 19.1. The second-order valence-corrected chi connectivity index (χ2v) is 8.59. The van der Waals surface area contributed by atoms with Crippen molar-refractivity contribution in [3.8, 4) is 0 Å². The van der Waals surface area contributed by atoms with Gasteiger partial charge in [0, 0.05) is 31.1 Å². The number of anilines is 2. The van der Waals surface area contributed by atoms with Crippen LogP contribution in [-0.4, -0.2) is 43.5 Å². The number of nitrogens with one attached hydrogen (secondary N) is 1. The first kappa shape index (κ1) is 17.9. The second kappa shape index (κ2) is 6.94. The summed E-state index contributed by atoms with van der Waals surface area (Å²) in [4.78, 5) is 14.0. The molecule has 1 atom stereocenters. The smallest absolute Gasteiger partial charge is 0.196 e. The number of aliphatic imine (C=N–C) groups is 1. The first-order valence-corrected chi connectivity index (χ1v) is 9.90. The Bertz CT molecular complexity index is 1000. The number of aromatic nitrogens is 1. The van der Waals surface area contributed by atoms with E-state index in [0.717, 1.165) is 34.0 Å². The lowest BCUT2D eigenvalue weighted by molar-refractivity contribution is 0.402. The van der Waals surface area contributed by atoms with Crippen LogP contribution in [0.4, 0.5) is 11.4 Å². The highest BCUT2D eigenvalue weighted by Gasteiger charge is 2.24. The molecule has 1 N–H and O–H groups in total. The van der Waals surface area contributed by atoms with Crippen LogP contribution in [0.5, 0.6) is 0 Å². The van der Waals surface area contributed by atoms with Gasteiger partial charge >= 0.3 is 0 Å². The zero-order valence-electron chi connectivity index (χ0n) is 16.4. The molecular formula is C21H25N5S. The molecule has 6 heteroatoms. The second-order valence-electron chi connectivity index (χ2n) is 7.48. The van der Waals surface area contributed by atoms with Crippen LogP contribution < -0.4 is 10.2 Å². The van der Waals surface area contributed by atoms with Crippen LogP contribution in [0, 0.1) is 13.8 Å². The molecule has 0 bridgehead atoms. The average Bonchev–Trinajstić information content (AvgIpc) is 2.97. The largest absolute Gasteiger partial charge is 0.347 e. The Morgan fingerprint density at radius 1 is 1.15 bits per heavy atom. The number of nitrogens with zero attached hydrogens (tertiary/aromatic N) is 4. The van der Waals surface area contributed by atoms with E-state index in [0.29, 0.717) is 0 Å². The van der Waals surface area contributed by atoms with Crippen LogP contribution in [0.2, 0.25) is 0 Å². The Balaban J connectivity index is 1.69. The molecule has 1 unspecified atom stereocenters. The molecule has 0 saturated carbocycles. The molecule has 5 nitrogen and oxygen atoms in total. The number of benzene rings is 2. The van der Waals surface area contributed by atoms with E-state index >= 15 is 0 Å². The summed E-state index contributed by atoms with van der Waals surface area (Å²) in [6, 6.07) is 10.8. The summed E-state index contributed by atoms with van der Waals surface area (Å²) in [7, 11) is 6.23. The number of aryl methyl sites for hydroxylation is 2. The molecule has 1 aliphatic rings. The Labute approximate surface area is 164 Å². The predicted molar refractivity (Wildman–Crippen MR) is 116 cm³/mol. The molecule has 0 saturated heterocycles. The van der Waals surface area contributed by atoms with Crippen LogP contribution in [0.15, 0.2) is 35.3 Å². The minimum Gasteiger partial charge on any atom is -0.347 e. The maximum absolute atomic E-state index is 4.93. The van der Waals surface area contributed by atoms with Crippen LogP contribution in [0.3, 0.4) is 0 Å². The topological polar surface area (TPSA) is 43.8 Å². The highest BCUT2D eigenvalue weighted by Crippen LogP contribution is 2.36. The molecule has 0 radical (unpaired) electrons. The highest BCUT2D eigenvalue weighted by molar-refractivity contribution is 7.18. The van der Waals surface area contributed by atoms with Gasteiger partial charge in [0.2, 0.25) is 0 Å². The lowest BCUT2D eigenvalue weighted by Crippen LogP contribution is -2.39. The Morgan fingerprint density at radius 2 is 1.89 bits per heavy atom. The monoisotopic (exact) mass is 379 g/mol. The maximum Gasteiger partial charge on any atom is 0.196 e. The van der Waals surface area contributed by atoms with Crippen LogP contribution in [0.25, 0.3) is 10.2 Å². The average molecular weight is 380 g/mol. The van der Waals surface area contributed by atoms with Crippen molar-refractivity contribution in [3.05, 3.63) is 52.0 Å². The SMILES string of the molecule is Cc1cc(C)cc(NC2N=Cc3ccc4sc(CN(C)C)nc4c3N2C)c1. The van der Waals surface area contributed by atoms with Crippen LogP contribution >= 0.6 is 11.3 Å². The molecule has 1 aromatic heterocycles. The Kier molecular flexibility index (Phi) is 4.61. The fraction of sp³-hybridized carbons (Fsp3) is 0.333. The molecule has 2 heterocycles. The van der Waals surface area contributed by atoms with Gasteiger partial charge in [0.15, 0.2) is 6.29 Å². The number of fused-ring (bicyclic) bond motifs is 3. The first-order valence-electron chi connectivity index (χ1n) is 9.09. The van der Waals surface area contributed by atoms with Gasteiger partial charge in [-0.1, -0.05) is 6.07 Å². The van der Waals surface area contributed by atoms with Crippen molar-refractivity contribution in [2.75, 3.05) is 31.4 Å². The van der Waals surface area contributed by atoms with E-state index in [2.05, 4.69) is 80.4 Å². The van der Waals surface area contributed by atoms with Crippen molar-refractivity contribution in [3.63, 3.8) is 0 Å². The summed E-state index contributed by atoms with van der Waals surface area (Å²) in [5.74, 6) is 0. The summed E-state index contributed by atoms with van der Waals surface area (Å²) in [5, 5.41) is 4.69. The third kappa shape index (κ3) is 3.55. The third-order valence-electron chi connectivity index (χ3n) is 4.65. The van der Waals surface area contributed by atoms with E-state index in [1.54, 1.807) is 11.3 Å². The van der Waals surface area contributed by atoms with Gasteiger partial charge in [-0.2, -0.15) is 0 Å². The summed E-state index contributed by atoms with van der Waals surface area (Å²) in [6.45, 7) is 5.09. The predicted octanol–water partition coefficient (Wildman–Crippen LogP) is 4.24. The molecule has 1 aliphatic heterocycles. The minimum atomic E-state index is -0.150. The number of thiazole rings is 1. The standard InChI is InChI=1S/C21H25N5S/c1-13-8-14(2)10-16(9-13)23-21-22-11-15-6-7-17-19(20(15)26(21)5)24-18(27-17)12-25(3)4/h6-11,21,23H,12H2,1-5H3. The Morgan fingerprint density at radius 3 is 2.59 bits per heavy atom. The lowest BCUT2D eigenvalue weighted by Gasteiger charge is -2.32. The Hall–Kier alpha value is -2.44. The van der Waals surface area contributed by atoms with Crippen molar-refractivity contribution in [1.82, 2.24) is 9.88 Å². The van der Waals surface area contributed by atoms with E-state index in [1.165, 1.54) is 15.8 Å². The molecule has 2 aromatic carbocycles. The quantitative estimate of drug-likeness (QED) is 0.736. The van der Waals surface area contributed by atoms with Crippen molar-refractivity contribution < 1.29 is 0 Å². The van der Waals surface area contributed by atoms with Crippen LogP contribution in [-0.2, 0) is 6.54 Å². The van der Waals surface area contributed by atoms with E-state index in [9.17, 15) is 0 Å². The molecule has 0 fully saturated rings. The van der Waals surface area contributed by atoms with Gasteiger partial charge < -0.3 is 15.1 Å². The summed E-state index contributed by atoms with van der Waals surface area (Å²) < 4.78 is 1.22. The van der Waals surface area contributed by atoms with Gasteiger partial charge in [0.05, 0.1) is 10.4 Å². The van der Waals surface area contributed by atoms with Gasteiger partial charge in [-0.05, 0) is 63.3 Å². The molecule has 0 aliphatic carbocycles. The van der Waals surface area contributed by atoms with Crippen molar-refractivity contribution in [2.24, 2.45) is 4.99 Å². The third-order valence-corrected chi connectivity index (χ3v) is 5.66. The lowest BCUT2D eigenvalue weighted by atomic mass is 10.1. The normalized spacial score (nSPS) is 16.2. The molecular weight excluding hydrogens is 354 g/mol. The fourth-order valence-corrected chi connectivity index (χ4v) is 4.66. The van der Waals surface area contributed by atoms with E-state index in [-0.39, 0.29) is 6.29 Å².